The lowest BCUT2D eigenvalue weighted by molar-refractivity contribution is 0.0671. The molecule has 24 heavy (non-hydrogen) atoms. The molecule has 2 aliphatic heterocycles. The molecule has 1 aromatic carbocycles. The van der Waals surface area contributed by atoms with Crippen molar-refractivity contribution in [1.82, 2.24) is 14.7 Å². The highest BCUT2D eigenvalue weighted by atomic mass is 16.5. The van der Waals surface area contributed by atoms with Crippen molar-refractivity contribution < 1.29 is 9.53 Å². The van der Waals surface area contributed by atoms with Crippen molar-refractivity contribution in [2.75, 3.05) is 13.1 Å². The standard InChI is InChI=1S/C19H23N3O2/c1-13-8-14(2)22(20-13)18-4-3-7-21(10-18)19(23)15-5-6-16-11-24-12-17(16)9-15/h5-6,8-9,18H,3-4,7,10-12H2,1-2H3/t18-/m0/s1. The molecule has 2 aliphatic rings. The van der Waals surface area contributed by atoms with Crippen molar-refractivity contribution in [3.63, 3.8) is 0 Å². The molecule has 0 unspecified atom stereocenters. The first-order chi connectivity index (χ1) is 11.6. The van der Waals surface area contributed by atoms with Crippen LogP contribution in [-0.2, 0) is 18.0 Å². The average Bonchev–Trinajstić information content (AvgIpc) is 3.19. The number of benzene rings is 1. The number of likely N-dealkylation sites (tertiary alicyclic amines) is 1. The van der Waals surface area contributed by atoms with Gasteiger partial charge in [-0.05, 0) is 56.0 Å². The van der Waals surface area contributed by atoms with Crippen LogP contribution >= 0.6 is 0 Å². The van der Waals surface area contributed by atoms with Crippen molar-refractivity contribution >= 4 is 5.91 Å². The highest BCUT2D eigenvalue weighted by molar-refractivity contribution is 5.94. The molecule has 0 aliphatic carbocycles. The number of aromatic nitrogens is 2. The number of carbonyl (C=O) groups excluding carboxylic acids is 1. The fourth-order valence-electron chi connectivity index (χ4n) is 3.84. The van der Waals surface area contributed by atoms with Crippen LogP contribution in [0.3, 0.4) is 0 Å². The summed E-state index contributed by atoms with van der Waals surface area (Å²) < 4.78 is 7.54. The Balaban J connectivity index is 1.53. The second kappa shape index (κ2) is 6.06. The number of carbonyl (C=O) groups is 1. The van der Waals surface area contributed by atoms with Crippen LogP contribution in [0, 0.1) is 13.8 Å². The Morgan fingerprint density at radius 3 is 2.83 bits per heavy atom. The van der Waals surface area contributed by atoms with Gasteiger partial charge in [0, 0.05) is 24.3 Å². The van der Waals surface area contributed by atoms with E-state index in [0.717, 1.165) is 42.8 Å². The zero-order chi connectivity index (χ0) is 16.7. The van der Waals surface area contributed by atoms with Gasteiger partial charge >= 0.3 is 0 Å². The lowest BCUT2D eigenvalue weighted by Crippen LogP contribution is -2.41. The first kappa shape index (κ1) is 15.4. The van der Waals surface area contributed by atoms with Crippen LogP contribution in [0.2, 0.25) is 0 Å². The maximum Gasteiger partial charge on any atom is 0.253 e. The zero-order valence-electron chi connectivity index (χ0n) is 14.3. The van der Waals surface area contributed by atoms with E-state index in [-0.39, 0.29) is 11.9 Å². The van der Waals surface area contributed by atoms with Crippen LogP contribution in [0.1, 0.15) is 51.8 Å². The van der Waals surface area contributed by atoms with E-state index in [2.05, 4.69) is 22.8 Å². The van der Waals surface area contributed by atoms with Gasteiger partial charge in [0.25, 0.3) is 5.91 Å². The molecule has 0 bridgehead atoms. The molecular weight excluding hydrogens is 302 g/mol. The average molecular weight is 325 g/mol. The van der Waals surface area contributed by atoms with E-state index in [1.54, 1.807) is 0 Å². The van der Waals surface area contributed by atoms with Crippen LogP contribution in [0.15, 0.2) is 24.3 Å². The number of amides is 1. The predicted octanol–water partition coefficient (Wildman–Crippen LogP) is 3.01. The van der Waals surface area contributed by atoms with E-state index in [1.165, 1.54) is 11.3 Å². The fraction of sp³-hybridized carbons (Fsp3) is 0.474. The second-order valence-corrected chi connectivity index (χ2v) is 6.90. The van der Waals surface area contributed by atoms with E-state index in [4.69, 9.17) is 4.74 Å². The molecule has 0 spiro atoms. The zero-order valence-corrected chi connectivity index (χ0v) is 14.3. The number of rotatable bonds is 2. The first-order valence-electron chi connectivity index (χ1n) is 8.63. The lowest BCUT2D eigenvalue weighted by atomic mass is 10.0. The normalized spacial score (nSPS) is 20.2. The van der Waals surface area contributed by atoms with Gasteiger partial charge in [-0.2, -0.15) is 5.10 Å². The summed E-state index contributed by atoms with van der Waals surface area (Å²) in [5.41, 5.74) is 5.32. The van der Waals surface area contributed by atoms with Gasteiger partial charge in [-0.25, -0.2) is 0 Å². The van der Waals surface area contributed by atoms with Gasteiger partial charge in [-0.3, -0.25) is 9.48 Å². The van der Waals surface area contributed by atoms with E-state index in [9.17, 15) is 4.79 Å². The summed E-state index contributed by atoms with van der Waals surface area (Å²) in [5.74, 6) is 0.121. The van der Waals surface area contributed by atoms with E-state index in [1.807, 2.05) is 30.0 Å². The SMILES string of the molecule is Cc1cc(C)n([C@H]2CCCN(C(=O)c3ccc4c(c3)COC4)C2)n1. The monoisotopic (exact) mass is 325 g/mol. The lowest BCUT2D eigenvalue weighted by Gasteiger charge is -2.33. The Labute approximate surface area is 142 Å². The highest BCUT2D eigenvalue weighted by Crippen LogP contribution is 2.26. The van der Waals surface area contributed by atoms with Crippen molar-refractivity contribution in [3.05, 3.63) is 52.3 Å². The smallest absolute Gasteiger partial charge is 0.253 e. The fourth-order valence-corrected chi connectivity index (χ4v) is 3.84. The summed E-state index contributed by atoms with van der Waals surface area (Å²) in [6.07, 6.45) is 2.09. The summed E-state index contributed by atoms with van der Waals surface area (Å²) in [6, 6.07) is 8.33. The van der Waals surface area contributed by atoms with Gasteiger partial charge in [-0.1, -0.05) is 6.07 Å². The minimum Gasteiger partial charge on any atom is -0.372 e. The van der Waals surface area contributed by atoms with Crippen molar-refractivity contribution in [3.8, 4) is 0 Å². The number of aryl methyl sites for hydroxylation is 2. The molecule has 126 valence electrons. The van der Waals surface area contributed by atoms with Gasteiger partial charge in [0.15, 0.2) is 0 Å². The van der Waals surface area contributed by atoms with Gasteiger partial charge in [0.05, 0.1) is 24.9 Å². The molecule has 5 heteroatoms. The Morgan fingerprint density at radius 2 is 2.04 bits per heavy atom. The summed E-state index contributed by atoms with van der Waals surface area (Å²) >= 11 is 0. The number of ether oxygens (including phenoxy) is 1. The third-order valence-electron chi connectivity index (χ3n) is 5.04. The Morgan fingerprint density at radius 1 is 1.21 bits per heavy atom. The molecule has 4 rings (SSSR count). The van der Waals surface area contributed by atoms with Crippen molar-refractivity contribution in [2.45, 2.75) is 45.9 Å². The minimum absolute atomic E-state index is 0.121. The van der Waals surface area contributed by atoms with Gasteiger partial charge in [-0.15, -0.1) is 0 Å². The summed E-state index contributed by atoms with van der Waals surface area (Å²) in [4.78, 5) is 14.9. The molecule has 1 amide bonds. The number of nitrogens with zero attached hydrogens (tertiary/aromatic N) is 3. The third-order valence-corrected chi connectivity index (χ3v) is 5.04. The molecule has 0 radical (unpaired) electrons. The molecule has 3 heterocycles. The molecular formula is C19H23N3O2. The summed E-state index contributed by atoms with van der Waals surface area (Å²) in [7, 11) is 0. The largest absolute Gasteiger partial charge is 0.372 e. The molecule has 2 aromatic rings. The molecule has 5 nitrogen and oxygen atoms in total. The topological polar surface area (TPSA) is 47.4 Å². The summed E-state index contributed by atoms with van der Waals surface area (Å²) in [5, 5.41) is 4.61. The molecule has 1 saturated heterocycles. The molecule has 0 N–H and O–H groups in total. The second-order valence-electron chi connectivity index (χ2n) is 6.90. The number of piperidine rings is 1. The third kappa shape index (κ3) is 2.73. The first-order valence-corrected chi connectivity index (χ1v) is 8.63. The number of fused-ring (bicyclic) bond motifs is 1. The van der Waals surface area contributed by atoms with Gasteiger partial charge in [0.2, 0.25) is 0 Å². The molecule has 1 aromatic heterocycles. The number of hydrogen-bond acceptors (Lipinski definition) is 3. The molecule has 0 saturated carbocycles. The Kier molecular flexibility index (Phi) is 3.88. The van der Waals surface area contributed by atoms with E-state index in [0.29, 0.717) is 13.2 Å². The van der Waals surface area contributed by atoms with E-state index < -0.39 is 0 Å². The van der Waals surface area contributed by atoms with E-state index >= 15 is 0 Å². The quantitative estimate of drug-likeness (QED) is 0.853. The molecule has 1 fully saturated rings. The Hall–Kier alpha value is -2.14. The maximum atomic E-state index is 12.9. The predicted molar refractivity (Wildman–Crippen MR) is 90.8 cm³/mol. The van der Waals surface area contributed by atoms with Gasteiger partial charge in [0.1, 0.15) is 0 Å². The Bertz CT molecular complexity index is 781. The summed E-state index contributed by atoms with van der Waals surface area (Å²) in [6.45, 7) is 6.93. The van der Waals surface area contributed by atoms with Crippen LogP contribution < -0.4 is 0 Å². The van der Waals surface area contributed by atoms with Crippen LogP contribution in [-0.4, -0.2) is 33.7 Å². The highest BCUT2D eigenvalue weighted by Gasteiger charge is 2.27. The van der Waals surface area contributed by atoms with Crippen LogP contribution in [0.4, 0.5) is 0 Å². The van der Waals surface area contributed by atoms with Crippen LogP contribution in [0.25, 0.3) is 0 Å². The number of hydrogen-bond donors (Lipinski definition) is 0. The molecule has 1 atom stereocenters. The van der Waals surface area contributed by atoms with Crippen LogP contribution in [0.5, 0.6) is 0 Å². The van der Waals surface area contributed by atoms with Gasteiger partial charge < -0.3 is 9.64 Å². The minimum atomic E-state index is 0.121. The maximum absolute atomic E-state index is 12.9. The van der Waals surface area contributed by atoms with Crippen molar-refractivity contribution in [1.29, 1.82) is 0 Å². The van der Waals surface area contributed by atoms with Crippen molar-refractivity contribution in [2.24, 2.45) is 0 Å².